The Bertz CT molecular complexity index is 651. The van der Waals surface area contributed by atoms with Gasteiger partial charge in [-0.3, -0.25) is 10.1 Å². The van der Waals surface area contributed by atoms with E-state index in [4.69, 9.17) is 9.47 Å². The van der Waals surface area contributed by atoms with Crippen LogP contribution in [0.3, 0.4) is 0 Å². The van der Waals surface area contributed by atoms with Gasteiger partial charge in [0.2, 0.25) is 17.7 Å². The number of aryl methyl sites for hydroxylation is 1. The number of carbonyl (C=O) groups is 1. The van der Waals surface area contributed by atoms with E-state index in [-0.39, 0.29) is 23.5 Å². The Morgan fingerprint density at radius 2 is 1.76 bits per heavy atom. The number of phenols is 1. The largest absolute Gasteiger partial charge is 0.508 e. The number of hydrogen-bond donors (Lipinski definition) is 2. The van der Waals surface area contributed by atoms with Gasteiger partial charge in [-0.2, -0.15) is 9.97 Å². The van der Waals surface area contributed by atoms with Gasteiger partial charge in [-0.25, -0.2) is 0 Å². The Balaban J connectivity index is 2.24. The van der Waals surface area contributed by atoms with Crippen LogP contribution in [0.25, 0.3) is 0 Å². The molecule has 1 heterocycles. The van der Waals surface area contributed by atoms with E-state index in [1.807, 2.05) is 0 Å². The van der Waals surface area contributed by atoms with Crippen LogP contribution < -0.4 is 14.8 Å². The average molecular weight is 289 g/mol. The number of carbonyl (C=O) groups excluding carboxylic acids is 1. The summed E-state index contributed by atoms with van der Waals surface area (Å²) in [5.41, 5.74) is 0.988. The highest BCUT2D eigenvalue weighted by atomic mass is 16.5. The maximum Gasteiger partial charge on any atom is 0.258 e. The Kier molecular flexibility index (Phi) is 4.22. The lowest BCUT2D eigenvalue weighted by atomic mass is 10.1. The van der Waals surface area contributed by atoms with Gasteiger partial charge in [-0.15, -0.1) is 0 Å². The highest BCUT2D eigenvalue weighted by molar-refractivity contribution is 6.03. The van der Waals surface area contributed by atoms with Crippen molar-refractivity contribution in [2.45, 2.75) is 6.92 Å². The van der Waals surface area contributed by atoms with Gasteiger partial charge in [-0.05, 0) is 30.7 Å². The van der Waals surface area contributed by atoms with E-state index in [0.29, 0.717) is 11.1 Å². The van der Waals surface area contributed by atoms with Crippen LogP contribution in [-0.4, -0.2) is 35.2 Å². The molecule has 0 unspecified atom stereocenters. The third-order valence-electron chi connectivity index (χ3n) is 2.78. The smallest absolute Gasteiger partial charge is 0.258 e. The number of benzene rings is 1. The molecule has 7 nitrogen and oxygen atoms in total. The van der Waals surface area contributed by atoms with Crippen LogP contribution in [0, 0.1) is 6.92 Å². The summed E-state index contributed by atoms with van der Waals surface area (Å²) in [5.74, 6) is 0.360. The van der Waals surface area contributed by atoms with Crippen molar-refractivity contribution in [3.05, 3.63) is 35.4 Å². The van der Waals surface area contributed by atoms with E-state index in [0.717, 1.165) is 0 Å². The van der Waals surface area contributed by atoms with Crippen molar-refractivity contribution in [2.75, 3.05) is 19.5 Å². The number of nitrogens with one attached hydrogen (secondary N) is 1. The first-order valence-corrected chi connectivity index (χ1v) is 6.11. The summed E-state index contributed by atoms with van der Waals surface area (Å²) in [6.07, 6.45) is 0. The van der Waals surface area contributed by atoms with Gasteiger partial charge in [0.05, 0.1) is 20.3 Å². The second-order valence-electron chi connectivity index (χ2n) is 4.23. The molecule has 21 heavy (non-hydrogen) atoms. The molecule has 2 rings (SSSR count). The summed E-state index contributed by atoms with van der Waals surface area (Å²) in [5, 5.41) is 12.0. The van der Waals surface area contributed by atoms with Crippen molar-refractivity contribution in [2.24, 2.45) is 0 Å². The molecule has 0 bridgehead atoms. The normalized spacial score (nSPS) is 10.0. The molecule has 1 amide bonds. The SMILES string of the molecule is COc1cc(OC)nc(NC(=O)c2ccc(O)c(C)c2)n1. The highest BCUT2D eigenvalue weighted by Gasteiger charge is 2.12. The molecule has 0 aliphatic carbocycles. The number of hydrogen-bond acceptors (Lipinski definition) is 6. The maximum atomic E-state index is 12.1. The quantitative estimate of drug-likeness (QED) is 0.890. The van der Waals surface area contributed by atoms with Crippen LogP contribution in [0.1, 0.15) is 15.9 Å². The molecule has 1 aromatic heterocycles. The summed E-state index contributed by atoms with van der Waals surface area (Å²) in [6, 6.07) is 6.04. The Morgan fingerprint density at radius 3 is 2.29 bits per heavy atom. The zero-order chi connectivity index (χ0) is 15.4. The summed E-state index contributed by atoms with van der Waals surface area (Å²) >= 11 is 0. The fraction of sp³-hybridized carbons (Fsp3) is 0.214. The lowest BCUT2D eigenvalue weighted by Gasteiger charge is -2.08. The molecule has 0 aliphatic heterocycles. The summed E-state index contributed by atoms with van der Waals surface area (Å²) in [6.45, 7) is 1.71. The molecule has 0 saturated heterocycles. The minimum atomic E-state index is -0.395. The van der Waals surface area contributed by atoms with Gasteiger partial charge < -0.3 is 14.6 Å². The number of methoxy groups -OCH3 is 2. The summed E-state index contributed by atoms with van der Waals surface area (Å²) in [4.78, 5) is 20.1. The van der Waals surface area contributed by atoms with Crippen molar-refractivity contribution in [3.63, 3.8) is 0 Å². The number of rotatable bonds is 4. The Labute approximate surface area is 121 Å². The van der Waals surface area contributed by atoms with Crippen LogP contribution in [0.2, 0.25) is 0 Å². The molecule has 2 aromatic rings. The van der Waals surface area contributed by atoms with Gasteiger partial charge in [0.15, 0.2) is 0 Å². The van der Waals surface area contributed by atoms with Gasteiger partial charge in [0.1, 0.15) is 5.75 Å². The summed E-state index contributed by atoms with van der Waals surface area (Å²) in [7, 11) is 2.91. The van der Waals surface area contributed by atoms with Gasteiger partial charge in [0.25, 0.3) is 5.91 Å². The molecule has 2 N–H and O–H groups in total. The van der Waals surface area contributed by atoms with Crippen LogP contribution in [-0.2, 0) is 0 Å². The van der Waals surface area contributed by atoms with E-state index >= 15 is 0 Å². The molecule has 7 heteroatoms. The third-order valence-corrected chi connectivity index (χ3v) is 2.78. The molecule has 0 radical (unpaired) electrons. The molecule has 0 fully saturated rings. The topological polar surface area (TPSA) is 93.6 Å². The number of aromatic nitrogens is 2. The minimum absolute atomic E-state index is 0.0712. The average Bonchev–Trinajstić information content (AvgIpc) is 2.49. The second-order valence-corrected chi connectivity index (χ2v) is 4.23. The van der Waals surface area contributed by atoms with Crippen LogP contribution in [0.4, 0.5) is 5.95 Å². The van der Waals surface area contributed by atoms with Crippen molar-refractivity contribution in [1.82, 2.24) is 9.97 Å². The molecular formula is C14H15N3O4. The van der Waals surface area contributed by atoms with E-state index < -0.39 is 5.91 Å². The predicted octanol–water partition coefficient (Wildman–Crippen LogP) is 1.76. The standard InChI is InChI=1S/C14H15N3O4/c1-8-6-9(4-5-10(8)18)13(19)17-14-15-11(20-2)7-12(16-14)21-3/h4-7,18H,1-3H3,(H,15,16,17,19). The molecule has 0 spiro atoms. The number of aromatic hydroxyl groups is 1. The highest BCUT2D eigenvalue weighted by Crippen LogP contribution is 2.20. The van der Waals surface area contributed by atoms with E-state index in [1.165, 1.54) is 32.4 Å². The number of nitrogens with zero attached hydrogens (tertiary/aromatic N) is 2. The van der Waals surface area contributed by atoms with Gasteiger partial charge in [0, 0.05) is 5.56 Å². The first kappa shape index (κ1) is 14.6. The monoisotopic (exact) mass is 289 g/mol. The van der Waals surface area contributed by atoms with Crippen molar-refractivity contribution in [3.8, 4) is 17.5 Å². The molecule has 0 aliphatic rings. The van der Waals surface area contributed by atoms with Crippen molar-refractivity contribution < 1.29 is 19.4 Å². The van der Waals surface area contributed by atoms with E-state index in [9.17, 15) is 9.90 Å². The number of anilines is 1. The lowest BCUT2D eigenvalue weighted by molar-refractivity contribution is 0.102. The van der Waals surface area contributed by atoms with Crippen LogP contribution in [0.15, 0.2) is 24.3 Å². The molecule has 0 saturated carbocycles. The maximum absolute atomic E-state index is 12.1. The minimum Gasteiger partial charge on any atom is -0.508 e. The molecule has 110 valence electrons. The Morgan fingerprint density at radius 1 is 1.14 bits per heavy atom. The molecular weight excluding hydrogens is 274 g/mol. The fourth-order valence-corrected chi connectivity index (χ4v) is 1.64. The summed E-state index contributed by atoms with van der Waals surface area (Å²) < 4.78 is 10.0. The first-order chi connectivity index (χ1) is 10.0. The molecule has 1 aromatic carbocycles. The second kappa shape index (κ2) is 6.08. The van der Waals surface area contributed by atoms with Gasteiger partial charge >= 0.3 is 0 Å². The number of amides is 1. The van der Waals surface area contributed by atoms with Crippen LogP contribution in [0.5, 0.6) is 17.5 Å². The van der Waals surface area contributed by atoms with Crippen LogP contribution >= 0.6 is 0 Å². The third kappa shape index (κ3) is 3.38. The number of ether oxygens (including phenoxy) is 2. The lowest BCUT2D eigenvalue weighted by Crippen LogP contribution is -2.14. The molecule has 0 atom stereocenters. The zero-order valence-electron chi connectivity index (χ0n) is 11.9. The number of phenolic OH excluding ortho intramolecular Hbond substituents is 1. The van der Waals surface area contributed by atoms with Gasteiger partial charge in [-0.1, -0.05) is 0 Å². The van der Waals surface area contributed by atoms with E-state index in [1.54, 1.807) is 13.0 Å². The fourth-order valence-electron chi connectivity index (χ4n) is 1.64. The Hall–Kier alpha value is -2.83. The predicted molar refractivity (Wildman–Crippen MR) is 75.9 cm³/mol. The van der Waals surface area contributed by atoms with Crippen molar-refractivity contribution in [1.29, 1.82) is 0 Å². The first-order valence-electron chi connectivity index (χ1n) is 6.11. The zero-order valence-corrected chi connectivity index (χ0v) is 11.9. The van der Waals surface area contributed by atoms with E-state index in [2.05, 4.69) is 15.3 Å². The van der Waals surface area contributed by atoms with Crippen molar-refractivity contribution >= 4 is 11.9 Å².